The lowest BCUT2D eigenvalue weighted by atomic mass is 10.0. The molecule has 0 fully saturated rings. The average Bonchev–Trinajstić information content (AvgIpc) is 2.36. The SMILES string of the molecule is NCc1cc(-c2cc(F)c(F)c(F)c2)ccc1Cl. The van der Waals surface area contributed by atoms with Gasteiger partial charge in [0, 0.05) is 11.6 Å². The van der Waals surface area contributed by atoms with E-state index in [9.17, 15) is 13.2 Å². The summed E-state index contributed by atoms with van der Waals surface area (Å²) in [5.41, 5.74) is 6.90. The van der Waals surface area contributed by atoms with Gasteiger partial charge in [0.2, 0.25) is 0 Å². The Labute approximate surface area is 107 Å². The Balaban J connectivity index is 2.55. The second-order valence-corrected chi connectivity index (χ2v) is 4.17. The summed E-state index contributed by atoms with van der Waals surface area (Å²) in [4.78, 5) is 0. The molecular weight excluding hydrogens is 263 g/mol. The van der Waals surface area contributed by atoms with Crippen molar-refractivity contribution in [2.24, 2.45) is 5.73 Å². The normalized spacial score (nSPS) is 10.7. The molecule has 1 nitrogen and oxygen atoms in total. The molecule has 0 aliphatic carbocycles. The van der Waals surface area contributed by atoms with E-state index in [1.165, 1.54) is 0 Å². The summed E-state index contributed by atoms with van der Waals surface area (Å²) in [5, 5.41) is 0.476. The quantitative estimate of drug-likeness (QED) is 0.824. The van der Waals surface area contributed by atoms with Gasteiger partial charge in [0.15, 0.2) is 17.5 Å². The van der Waals surface area contributed by atoms with Crippen molar-refractivity contribution >= 4 is 11.6 Å². The zero-order valence-electron chi connectivity index (χ0n) is 9.18. The fraction of sp³-hybridized carbons (Fsp3) is 0.0769. The maximum absolute atomic E-state index is 13.1. The molecule has 0 bridgehead atoms. The smallest absolute Gasteiger partial charge is 0.194 e. The van der Waals surface area contributed by atoms with Gasteiger partial charge in [0.1, 0.15) is 0 Å². The van der Waals surface area contributed by atoms with Gasteiger partial charge in [-0.3, -0.25) is 0 Å². The molecule has 5 heteroatoms. The summed E-state index contributed by atoms with van der Waals surface area (Å²) in [7, 11) is 0. The van der Waals surface area contributed by atoms with Crippen LogP contribution in [0.25, 0.3) is 11.1 Å². The highest BCUT2D eigenvalue weighted by Gasteiger charge is 2.12. The van der Waals surface area contributed by atoms with E-state index in [0.717, 1.165) is 12.1 Å². The molecule has 18 heavy (non-hydrogen) atoms. The van der Waals surface area contributed by atoms with Crippen LogP contribution in [0.3, 0.4) is 0 Å². The Morgan fingerprint density at radius 3 is 2.11 bits per heavy atom. The first kappa shape index (κ1) is 12.9. The number of nitrogens with two attached hydrogens (primary N) is 1. The zero-order valence-corrected chi connectivity index (χ0v) is 9.94. The number of hydrogen-bond acceptors (Lipinski definition) is 1. The molecule has 2 aromatic rings. The minimum Gasteiger partial charge on any atom is -0.326 e. The van der Waals surface area contributed by atoms with Crippen LogP contribution in [0.1, 0.15) is 5.56 Å². The van der Waals surface area contributed by atoms with E-state index in [0.29, 0.717) is 16.1 Å². The lowest BCUT2D eigenvalue weighted by Gasteiger charge is -2.07. The summed E-state index contributed by atoms with van der Waals surface area (Å²) in [6, 6.07) is 6.66. The Kier molecular flexibility index (Phi) is 3.59. The van der Waals surface area contributed by atoms with Crippen LogP contribution in [0.15, 0.2) is 30.3 Å². The topological polar surface area (TPSA) is 26.0 Å². The molecule has 0 amide bonds. The zero-order chi connectivity index (χ0) is 13.3. The van der Waals surface area contributed by atoms with E-state index in [1.54, 1.807) is 18.2 Å². The predicted octanol–water partition coefficient (Wildman–Crippen LogP) is 3.88. The van der Waals surface area contributed by atoms with Crippen molar-refractivity contribution in [2.45, 2.75) is 6.54 Å². The van der Waals surface area contributed by atoms with Crippen LogP contribution in [0.2, 0.25) is 5.02 Å². The summed E-state index contributed by atoms with van der Waals surface area (Å²) < 4.78 is 39.1. The van der Waals surface area contributed by atoms with Crippen molar-refractivity contribution in [2.75, 3.05) is 0 Å². The average molecular weight is 272 g/mol. The van der Waals surface area contributed by atoms with Gasteiger partial charge in [0.25, 0.3) is 0 Å². The third-order valence-electron chi connectivity index (χ3n) is 2.58. The lowest BCUT2D eigenvalue weighted by molar-refractivity contribution is 0.448. The fourth-order valence-corrected chi connectivity index (χ4v) is 1.83. The molecule has 0 unspecified atom stereocenters. The second-order valence-electron chi connectivity index (χ2n) is 3.76. The first-order valence-electron chi connectivity index (χ1n) is 5.16. The van der Waals surface area contributed by atoms with Crippen molar-refractivity contribution in [3.8, 4) is 11.1 Å². The van der Waals surface area contributed by atoms with E-state index >= 15 is 0 Å². The molecule has 0 spiro atoms. The molecule has 2 rings (SSSR count). The second kappa shape index (κ2) is 5.00. The lowest BCUT2D eigenvalue weighted by Crippen LogP contribution is -1.98. The van der Waals surface area contributed by atoms with Crippen LogP contribution < -0.4 is 5.73 Å². The van der Waals surface area contributed by atoms with Crippen molar-refractivity contribution in [3.05, 3.63) is 58.4 Å². The Bertz CT molecular complexity index is 576. The highest BCUT2D eigenvalue weighted by Crippen LogP contribution is 2.27. The van der Waals surface area contributed by atoms with Gasteiger partial charge in [-0.15, -0.1) is 0 Å². The monoisotopic (exact) mass is 271 g/mol. The molecule has 0 aliphatic rings. The Morgan fingerprint density at radius 1 is 0.944 bits per heavy atom. The van der Waals surface area contributed by atoms with Gasteiger partial charge in [-0.1, -0.05) is 17.7 Å². The van der Waals surface area contributed by atoms with Crippen LogP contribution in [0.5, 0.6) is 0 Å². The highest BCUT2D eigenvalue weighted by atomic mass is 35.5. The van der Waals surface area contributed by atoms with E-state index in [4.69, 9.17) is 17.3 Å². The molecule has 2 N–H and O–H groups in total. The third kappa shape index (κ3) is 2.35. The minimum atomic E-state index is -1.48. The Morgan fingerprint density at radius 2 is 1.56 bits per heavy atom. The van der Waals surface area contributed by atoms with Crippen molar-refractivity contribution in [1.82, 2.24) is 0 Å². The maximum Gasteiger partial charge on any atom is 0.194 e. The fourth-order valence-electron chi connectivity index (χ4n) is 1.63. The van der Waals surface area contributed by atoms with Crippen molar-refractivity contribution in [3.63, 3.8) is 0 Å². The van der Waals surface area contributed by atoms with Gasteiger partial charge >= 0.3 is 0 Å². The first-order chi connectivity index (χ1) is 8.52. The minimum absolute atomic E-state index is 0.207. The molecule has 0 aromatic heterocycles. The van der Waals surface area contributed by atoms with Gasteiger partial charge in [-0.25, -0.2) is 13.2 Å². The first-order valence-corrected chi connectivity index (χ1v) is 5.54. The van der Waals surface area contributed by atoms with Gasteiger partial charge in [0.05, 0.1) is 0 Å². The largest absolute Gasteiger partial charge is 0.326 e. The van der Waals surface area contributed by atoms with Gasteiger partial charge in [-0.05, 0) is 41.0 Å². The number of hydrogen-bond donors (Lipinski definition) is 1. The van der Waals surface area contributed by atoms with E-state index in [1.807, 2.05) is 0 Å². The van der Waals surface area contributed by atoms with E-state index < -0.39 is 17.5 Å². The van der Waals surface area contributed by atoms with Gasteiger partial charge in [-0.2, -0.15) is 0 Å². The molecule has 0 radical (unpaired) electrons. The molecule has 0 saturated carbocycles. The summed E-state index contributed by atoms with van der Waals surface area (Å²) in [6.07, 6.45) is 0. The molecule has 0 saturated heterocycles. The highest BCUT2D eigenvalue weighted by molar-refractivity contribution is 6.31. The maximum atomic E-state index is 13.1. The summed E-state index contributed by atoms with van der Waals surface area (Å²) in [6.45, 7) is 0.207. The number of halogens is 4. The summed E-state index contributed by atoms with van der Waals surface area (Å²) >= 11 is 5.88. The van der Waals surface area contributed by atoms with Crippen LogP contribution in [0.4, 0.5) is 13.2 Å². The predicted molar refractivity (Wildman–Crippen MR) is 64.7 cm³/mol. The van der Waals surface area contributed by atoms with Crippen LogP contribution in [0, 0.1) is 17.5 Å². The van der Waals surface area contributed by atoms with Crippen LogP contribution in [-0.4, -0.2) is 0 Å². The number of rotatable bonds is 2. The van der Waals surface area contributed by atoms with Gasteiger partial charge < -0.3 is 5.73 Å². The Hall–Kier alpha value is -1.52. The van der Waals surface area contributed by atoms with E-state index in [-0.39, 0.29) is 12.1 Å². The van der Waals surface area contributed by atoms with Crippen molar-refractivity contribution < 1.29 is 13.2 Å². The molecule has 0 heterocycles. The molecule has 2 aromatic carbocycles. The number of benzene rings is 2. The van der Waals surface area contributed by atoms with Crippen molar-refractivity contribution in [1.29, 1.82) is 0 Å². The molecular formula is C13H9ClF3N. The van der Waals surface area contributed by atoms with Crippen LogP contribution in [-0.2, 0) is 6.54 Å². The third-order valence-corrected chi connectivity index (χ3v) is 2.95. The van der Waals surface area contributed by atoms with E-state index in [2.05, 4.69) is 0 Å². The molecule has 0 aliphatic heterocycles. The van der Waals surface area contributed by atoms with Crippen LogP contribution >= 0.6 is 11.6 Å². The standard InChI is InChI=1S/C13H9ClF3N/c14-10-2-1-7(3-9(10)6-18)8-4-11(15)13(17)12(16)5-8/h1-5H,6,18H2. The molecule has 94 valence electrons. The molecule has 0 atom stereocenters. The summed E-state index contributed by atoms with van der Waals surface area (Å²) in [5.74, 6) is -3.93.